The van der Waals surface area contributed by atoms with Crippen LogP contribution in [0.2, 0.25) is 0 Å². The number of β-amino-alcohol motifs (C(OH)–C–C–N with tert-alkyl or cyclic N) is 1. The first-order valence-electron chi connectivity index (χ1n) is 6.35. The smallest absolute Gasteiger partial charge is 0.226 e. The van der Waals surface area contributed by atoms with E-state index in [1.54, 1.807) is 11.8 Å². The summed E-state index contributed by atoms with van der Waals surface area (Å²) in [5, 5.41) is 9.78. The summed E-state index contributed by atoms with van der Waals surface area (Å²) in [5.41, 5.74) is -0.770. The summed E-state index contributed by atoms with van der Waals surface area (Å²) >= 11 is 0. The van der Waals surface area contributed by atoms with Crippen molar-refractivity contribution in [2.75, 3.05) is 19.7 Å². The molecule has 1 unspecified atom stereocenters. The van der Waals surface area contributed by atoms with Gasteiger partial charge in [-0.3, -0.25) is 4.79 Å². The van der Waals surface area contributed by atoms with Crippen LogP contribution < -0.4 is 4.74 Å². The largest absolute Gasteiger partial charge is 0.493 e. The second-order valence-electron chi connectivity index (χ2n) is 5.11. The third kappa shape index (κ3) is 3.92. The number of likely N-dealkylation sites (tertiary alicyclic amines) is 1. The standard InChI is InChI=1S/C14H18FNO3/c1-14(18)7-8-16(10-14)13(17)6-9-19-12-4-2-11(15)3-5-12/h2-5,18H,6-10H2,1H3. The first kappa shape index (κ1) is 13.8. The Balaban J connectivity index is 1.74. The molecule has 19 heavy (non-hydrogen) atoms. The van der Waals surface area contributed by atoms with E-state index >= 15 is 0 Å². The quantitative estimate of drug-likeness (QED) is 0.901. The van der Waals surface area contributed by atoms with Gasteiger partial charge in [-0.1, -0.05) is 0 Å². The number of amides is 1. The Bertz CT molecular complexity index is 445. The minimum absolute atomic E-state index is 0.0279. The summed E-state index contributed by atoms with van der Waals surface area (Å²) in [4.78, 5) is 13.5. The summed E-state index contributed by atoms with van der Waals surface area (Å²) in [6, 6.07) is 5.69. The molecule has 1 saturated heterocycles. The molecule has 4 nitrogen and oxygen atoms in total. The van der Waals surface area contributed by atoms with Crippen LogP contribution in [0, 0.1) is 5.82 Å². The SMILES string of the molecule is CC1(O)CCN(C(=O)CCOc2ccc(F)cc2)C1. The molecule has 0 aliphatic carbocycles. The predicted molar refractivity (Wildman–Crippen MR) is 68.3 cm³/mol. The zero-order valence-electron chi connectivity index (χ0n) is 10.9. The van der Waals surface area contributed by atoms with Crippen LogP contribution in [-0.4, -0.2) is 41.2 Å². The van der Waals surface area contributed by atoms with Gasteiger partial charge in [0.2, 0.25) is 5.91 Å². The van der Waals surface area contributed by atoms with Crippen LogP contribution in [0.1, 0.15) is 19.8 Å². The summed E-state index contributed by atoms with van der Waals surface area (Å²) < 4.78 is 18.0. The number of rotatable bonds is 4. The van der Waals surface area contributed by atoms with E-state index in [4.69, 9.17) is 4.74 Å². The maximum Gasteiger partial charge on any atom is 0.226 e. The molecule has 0 spiro atoms. The Kier molecular flexibility index (Phi) is 4.04. The first-order chi connectivity index (χ1) is 8.96. The van der Waals surface area contributed by atoms with Crippen molar-refractivity contribution in [1.82, 2.24) is 4.90 Å². The second kappa shape index (κ2) is 5.57. The molecule has 0 radical (unpaired) electrons. The highest BCUT2D eigenvalue weighted by Crippen LogP contribution is 2.20. The van der Waals surface area contributed by atoms with E-state index in [0.29, 0.717) is 25.3 Å². The van der Waals surface area contributed by atoms with Gasteiger partial charge in [-0.05, 0) is 37.6 Å². The van der Waals surface area contributed by atoms with Crippen molar-refractivity contribution in [2.24, 2.45) is 0 Å². The van der Waals surface area contributed by atoms with Gasteiger partial charge in [0.05, 0.1) is 18.6 Å². The fourth-order valence-corrected chi connectivity index (χ4v) is 2.10. The van der Waals surface area contributed by atoms with Gasteiger partial charge in [0.25, 0.3) is 0 Å². The van der Waals surface area contributed by atoms with E-state index in [1.165, 1.54) is 24.3 Å². The van der Waals surface area contributed by atoms with E-state index in [2.05, 4.69) is 0 Å². The molecule has 1 amide bonds. The van der Waals surface area contributed by atoms with Gasteiger partial charge in [-0.2, -0.15) is 0 Å². The lowest BCUT2D eigenvalue weighted by Gasteiger charge is -2.19. The first-order valence-corrected chi connectivity index (χ1v) is 6.35. The van der Waals surface area contributed by atoms with Crippen LogP contribution in [0.5, 0.6) is 5.75 Å². The predicted octanol–water partition coefficient (Wildman–Crippen LogP) is 1.58. The molecule has 1 aliphatic heterocycles. The van der Waals surface area contributed by atoms with Gasteiger partial charge in [0.1, 0.15) is 11.6 Å². The number of aliphatic hydroxyl groups is 1. The monoisotopic (exact) mass is 267 g/mol. The minimum atomic E-state index is -0.770. The molecule has 0 aromatic heterocycles. The van der Waals surface area contributed by atoms with Crippen molar-refractivity contribution in [2.45, 2.75) is 25.4 Å². The highest BCUT2D eigenvalue weighted by Gasteiger charge is 2.33. The Hall–Kier alpha value is -1.62. The van der Waals surface area contributed by atoms with Crippen molar-refractivity contribution in [3.8, 4) is 5.75 Å². The van der Waals surface area contributed by atoms with E-state index in [0.717, 1.165) is 0 Å². The lowest BCUT2D eigenvalue weighted by Crippen LogP contribution is -2.34. The molecule has 2 rings (SSSR count). The molecular weight excluding hydrogens is 249 g/mol. The zero-order chi connectivity index (χ0) is 13.9. The van der Waals surface area contributed by atoms with Crippen molar-refractivity contribution in [1.29, 1.82) is 0 Å². The molecule has 1 aromatic rings. The molecule has 0 saturated carbocycles. The number of nitrogens with zero attached hydrogens (tertiary/aromatic N) is 1. The Morgan fingerprint density at radius 1 is 1.47 bits per heavy atom. The number of ether oxygens (including phenoxy) is 1. The van der Waals surface area contributed by atoms with Crippen LogP contribution in [0.4, 0.5) is 4.39 Å². The van der Waals surface area contributed by atoms with Gasteiger partial charge in [0, 0.05) is 13.1 Å². The molecule has 1 aliphatic rings. The maximum absolute atomic E-state index is 12.7. The van der Waals surface area contributed by atoms with Gasteiger partial charge in [-0.15, -0.1) is 0 Å². The molecular formula is C14H18FNO3. The van der Waals surface area contributed by atoms with Crippen molar-refractivity contribution in [3.63, 3.8) is 0 Å². The Morgan fingerprint density at radius 2 is 2.16 bits per heavy atom. The molecule has 104 valence electrons. The maximum atomic E-state index is 12.7. The van der Waals surface area contributed by atoms with Gasteiger partial charge in [0.15, 0.2) is 0 Å². The minimum Gasteiger partial charge on any atom is -0.493 e. The van der Waals surface area contributed by atoms with Gasteiger partial charge < -0.3 is 14.7 Å². The molecule has 1 atom stereocenters. The van der Waals surface area contributed by atoms with Crippen molar-refractivity contribution < 1.29 is 19.0 Å². The Morgan fingerprint density at radius 3 is 2.74 bits per heavy atom. The molecule has 1 fully saturated rings. The second-order valence-corrected chi connectivity index (χ2v) is 5.11. The fourth-order valence-electron chi connectivity index (χ4n) is 2.10. The number of halogens is 1. The number of hydrogen-bond acceptors (Lipinski definition) is 3. The van der Waals surface area contributed by atoms with E-state index in [9.17, 15) is 14.3 Å². The lowest BCUT2D eigenvalue weighted by molar-refractivity contribution is -0.131. The lowest BCUT2D eigenvalue weighted by atomic mass is 10.1. The van der Waals surface area contributed by atoms with E-state index < -0.39 is 5.60 Å². The van der Waals surface area contributed by atoms with Crippen molar-refractivity contribution >= 4 is 5.91 Å². The summed E-state index contributed by atoms with van der Waals surface area (Å²) in [6.45, 7) is 2.95. The topological polar surface area (TPSA) is 49.8 Å². The Labute approximate surface area is 111 Å². The third-order valence-electron chi connectivity index (χ3n) is 3.20. The number of benzene rings is 1. The summed E-state index contributed by atoms with van der Waals surface area (Å²) in [7, 11) is 0. The van der Waals surface area contributed by atoms with Crippen LogP contribution in [0.15, 0.2) is 24.3 Å². The molecule has 0 bridgehead atoms. The average Bonchev–Trinajstić information content (AvgIpc) is 2.72. The van der Waals surface area contributed by atoms with E-state index in [1.807, 2.05) is 0 Å². The van der Waals surface area contributed by atoms with Crippen LogP contribution >= 0.6 is 0 Å². The normalized spacial score (nSPS) is 22.6. The number of carbonyl (C=O) groups is 1. The van der Waals surface area contributed by atoms with Crippen LogP contribution in [0.3, 0.4) is 0 Å². The highest BCUT2D eigenvalue weighted by molar-refractivity contribution is 5.76. The zero-order valence-corrected chi connectivity index (χ0v) is 10.9. The average molecular weight is 267 g/mol. The molecule has 1 aromatic carbocycles. The summed E-state index contributed by atoms with van der Waals surface area (Å²) in [6.07, 6.45) is 0.866. The third-order valence-corrected chi connectivity index (χ3v) is 3.20. The molecule has 1 heterocycles. The van der Waals surface area contributed by atoms with Crippen LogP contribution in [0.25, 0.3) is 0 Å². The van der Waals surface area contributed by atoms with Crippen LogP contribution in [-0.2, 0) is 4.79 Å². The fraction of sp³-hybridized carbons (Fsp3) is 0.500. The highest BCUT2D eigenvalue weighted by atomic mass is 19.1. The van der Waals surface area contributed by atoms with Crippen molar-refractivity contribution in [3.05, 3.63) is 30.1 Å². The van der Waals surface area contributed by atoms with Gasteiger partial charge >= 0.3 is 0 Å². The molecule has 1 N–H and O–H groups in total. The summed E-state index contributed by atoms with van der Waals surface area (Å²) in [5.74, 6) is 0.199. The number of hydrogen-bond donors (Lipinski definition) is 1. The number of carbonyl (C=O) groups excluding carboxylic acids is 1. The molecule has 5 heteroatoms. The van der Waals surface area contributed by atoms with Gasteiger partial charge in [-0.25, -0.2) is 4.39 Å². The van der Waals surface area contributed by atoms with E-state index in [-0.39, 0.29) is 24.8 Å².